The third-order valence-electron chi connectivity index (χ3n) is 4.81. The first kappa shape index (κ1) is 23.3. The molecule has 3 aromatic carbocycles. The summed E-state index contributed by atoms with van der Waals surface area (Å²) in [5.74, 6) is 0.0640. The number of hydrogen-bond donors (Lipinski definition) is 1. The second kappa shape index (κ2) is 10.3. The van der Waals surface area contributed by atoms with Crippen LogP contribution in [-0.2, 0) is 24.1 Å². The number of carbonyl (C=O) groups excluding carboxylic acids is 1. The first-order valence-corrected chi connectivity index (χ1v) is 10.1. The van der Waals surface area contributed by atoms with Gasteiger partial charge in [0.15, 0.2) is 6.61 Å². The molecule has 0 saturated heterocycles. The van der Waals surface area contributed by atoms with Gasteiger partial charge in [-0.3, -0.25) is 4.79 Å². The standard InChI is InChI=1S/C25H25F3N2O2/c1-30(2)16-21-14-19(18-8-4-3-5-9-18)12-13-23(21)32-17-24(31)29-15-20-10-6-7-11-22(20)25(26,27)28/h3-14H,15-17H2,1-2H3,(H,29,31). The van der Waals surface area contributed by atoms with E-state index < -0.39 is 17.6 Å². The highest BCUT2D eigenvalue weighted by Gasteiger charge is 2.32. The van der Waals surface area contributed by atoms with Gasteiger partial charge >= 0.3 is 6.18 Å². The van der Waals surface area contributed by atoms with Gasteiger partial charge in [0.2, 0.25) is 0 Å². The number of amides is 1. The summed E-state index contributed by atoms with van der Waals surface area (Å²) in [7, 11) is 3.87. The molecule has 0 bridgehead atoms. The maximum absolute atomic E-state index is 13.1. The van der Waals surface area contributed by atoms with Gasteiger partial charge in [0, 0.05) is 18.7 Å². The molecule has 32 heavy (non-hydrogen) atoms. The van der Waals surface area contributed by atoms with Crippen LogP contribution in [0.4, 0.5) is 13.2 Å². The smallest absolute Gasteiger partial charge is 0.416 e. The van der Waals surface area contributed by atoms with E-state index in [2.05, 4.69) is 5.32 Å². The van der Waals surface area contributed by atoms with E-state index >= 15 is 0 Å². The molecular weight excluding hydrogens is 417 g/mol. The number of halogens is 3. The minimum absolute atomic E-state index is 0.00820. The van der Waals surface area contributed by atoms with Crippen molar-refractivity contribution in [1.82, 2.24) is 10.2 Å². The summed E-state index contributed by atoms with van der Waals surface area (Å²) in [4.78, 5) is 14.2. The van der Waals surface area contributed by atoms with Crippen molar-refractivity contribution in [3.05, 3.63) is 89.5 Å². The SMILES string of the molecule is CN(C)Cc1cc(-c2ccccc2)ccc1OCC(=O)NCc1ccccc1C(F)(F)F. The highest BCUT2D eigenvalue weighted by Crippen LogP contribution is 2.32. The molecule has 0 fully saturated rings. The molecule has 0 aromatic heterocycles. The topological polar surface area (TPSA) is 41.6 Å². The van der Waals surface area contributed by atoms with Gasteiger partial charge in [-0.25, -0.2) is 0 Å². The Balaban J connectivity index is 1.66. The Morgan fingerprint density at radius 3 is 2.28 bits per heavy atom. The summed E-state index contributed by atoms with van der Waals surface area (Å²) in [6.45, 7) is 0.0885. The zero-order valence-electron chi connectivity index (χ0n) is 17.9. The molecule has 0 heterocycles. The fourth-order valence-corrected chi connectivity index (χ4v) is 3.33. The van der Waals surface area contributed by atoms with Gasteiger partial charge in [-0.1, -0.05) is 54.6 Å². The van der Waals surface area contributed by atoms with Crippen LogP contribution in [0.2, 0.25) is 0 Å². The lowest BCUT2D eigenvalue weighted by molar-refractivity contribution is -0.138. The number of nitrogens with one attached hydrogen (secondary N) is 1. The molecule has 0 saturated carbocycles. The molecule has 0 aliphatic rings. The van der Waals surface area contributed by atoms with Crippen LogP contribution in [0.15, 0.2) is 72.8 Å². The van der Waals surface area contributed by atoms with Crippen LogP contribution in [-0.4, -0.2) is 31.5 Å². The summed E-state index contributed by atoms with van der Waals surface area (Å²) < 4.78 is 45.0. The summed E-state index contributed by atoms with van der Waals surface area (Å²) in [6.07, 6.45) is -4.47. The third kappa shape index (κ3) is 6.34. The van der Waals surface area contributed by atoms with Crippen molar-refractivity contribution in [1.29, 1.82) is 0 Å². The van der Waals surface area contributed by atoms with Crippen LogP contribution >= 0.6 is 0 Å². The maximum atomic E-state index is 13.1. The highest BCUT2D eigenvalue weighted by atomic mass is 19.4. The van der Waals surface area contributed by atoms with Crippen molar-refractivity contribution in [3.8, 4) is 16.9 Å². The Morgan fingerprint density at radius 2 is 1.59 bits per heavy atom. The minimum atomic E-state index is -4.47. The Bertz CT molecular complexity index is 1050. The van der Waals surface area contributed by atoms with Gasteiger partial charge < -0.3 is 15.0 Å². The van der Waals surface area contributed by atoms with Gasteiger partial charge in [-0.2, -0.15) is 13.2 Å². The Morgan fingerprint density at radius 1 is 0.906 bits per heavy atom. The zero-order chi connectivity index (χ0) is 23.1. The van der Waals surface area contributed by atoms with Crippen molar-refractivity contribution in [2.45, 2.75) is 19.3 Å². The molecule has 0 aliphatic heterocycles. The maximum Gasteiger partial charge on any atom is 0.416 e. The van der Waals surface area contributed by atoms with Crippen LogP contribution in [0.25, 0.3) is 11.1 Å². The molecule has 0 spiro atoms. The van der Waals surface area contributed by atoms with Crippen molar-refractivity contribution >= 4 is 5.91 Å². The average molecular weight is 442 g/mol. The summed E-state index contributed by atoms with van der Waals surface area (Å²) >= 11 is 0. The normalized spacial score (nSPS) is 11.4. The number of ether oxygens (including phenoxy) is 1. The van der Waals surface area contributed by atoms with E-state index in [1.54, 1.807) is 0 Å². The van der Waals surface area contributed by atoms with Gasteiger partial charge in [0.25, 0.3) is 5.91 Å². The highest BCUT2D eigenvalue weighted by molar-refractivity contribution is 5.77. The van der Waals surface area contributed by atoms with Crippen LogP contribution in [0.1, 0.15) is 16.7 Å². The Labute approximate surface area is 185 Å². The molecule has 168 valence electrons. The summed E-state index contributed by atoms with van der Waals surface area (Å²) in [5.41, 5.74) is 2.26. The second-order valence-electron chi connectivity index (χ2n) is 7.65. The number of nitrogens with zero attached hydrogens (tertiary/aromatic N) is 1. The van der Waals surface area contributed by atoms with Crippen LogP contribution in [0, 0.1) is 0 Å². The van der Waals surface area contributed by atoms with Gasteiger partial charge in [0.05, 0.1) is 5.56 Å². The van der Waals surface area contributed by atoms with E-state index in [4.69, 9.17) is 4.74 Å². The van der Waals surface area contributed by atoms with Crippen molar-refractivity contribution in [2.75, 3.05) is 20.7 Å². The summed E-state index contributed by atoms with van der Waals surface area (Å²) in [6, 6.07) is 20.8. The molecule has 3 aromatic rings. The lowest BCUT2D eigenvalue weighted by atomic mass is 10.0. The summed E-state index contributed by atoms with van der Waals surface area (Å²) in [5, 5.41) is 2.50. The third-order valence-corrected chi connectivity index (χ3v) is 4.81. The first-order chi connectivity index (χ1) is 15.2. The average Bonchev–Trinajstić information content (AvgIpc) is 2.76. The monoisotopic (exact) mass is 442 g/mol. The van der Waals surface area contributed by atoms with Crippen molar-refractivity contribution < 1.29 is 22.7 Å². The number of benzene rings is 3. The van der Waals surface area contributed by atoms with E-state index in [0.29, 0.717) is 12.3 Å². The molecular formula is C25H25F3N2O2. The van der Waals surface area contributed by atoms with Gasteiger partial charge in [-0.05, 0) is 49.0 Å². The Hall–Kier alpha value is -3.32. The molecule has 0 aliphatic carbocycles. The fourth-order valence-electron chi connectivity index (χ4n) is 3.33. The molecule has 7 heteroatoms. The number of carbonyl (C=O) groups is 1. The van der Waals surface area contributed by atoms with E-state index in [1.807, 2.05) is 67.5 Å². The van der Waals surface area contributed by atoms with Crippen LogP contribution in [0.3, 0.4) is 0 Å². The quantitative estimate of drug-likeness (QED) is 0.526. The molecule has 0 unspecified atom stereocenters. The van der Waals surface area contributed by atoms with Crippen LogP contribution in [0.5, 0.6) is 5.75 Å². The van der Waals surface area contributed by atoms with Crippen molar-refractivity contribution in [3.63, 3.8) is 0 Å². The zero-order valence-corrected chi connectivity index (χ0v) is 17.9. The molecule has 0 atom stereocenters. The molecule has 3 rings (SSSR count). The Kier molecular flexibility index (Phi) is 7.53. The predicted octanol–water partition coefficient (Wildman–Crippen LogP) is 5.13. The van der Waals surface area contributed by atoms with Gasteiger partial charge in [0.1, 0.15) is 5.75 Å². The fraction of sp³-hybridized carbons (Fsp3) is 0.240. The molecule has 1 amide bonds. The van der Waals surface area contributed by atoms with Crippen molar-refractivity contribution in [2.24, 2.45) is 0 Å². The van der Waals surface area contributed by atoms with E-state index in [9.17, 15) is 18.0 Å². The van der Waals surface area contributed by atoms with Gasteiger partial charge in [-0.15, -0.1) is 0 Å². The largest absolute Gasteiger partial charge is 0.483 e. The first-order valence-electron chi connectivity index (χ1n) is 10.1. The molecule has 1 N–H and O–H groups in total. The number of alkyl halides is 3. The molecule has 0 radical (unpaired) electrons. The molecule has 4 nitrogen and oxygen atoms in total. The lowest BCUT2D eigenvalue weighted by Gasteiger charge is -2.17. The number of rotatable bonds is 8. The second-order valence-corrected chi connectivity index (χ2v) is 7.65. The van der Waals surface area contributed by atoms with Crippen LogP contribution < -0.4 is 10.1 Å². The number of hydrogen-bond acceptors (Lipinski definition) is 3. The van der Waals surface area contributed by atoms with E-state index in [0.717, 1.165) is 22.8 Å². The van der Waals surface area contributed by atoms with E-state index in [-0.39, 0.29) is 18.7 Å². The lowest BCUT2D eigenvalue weighted by Crippen LogP contribution is -2.29. The minimum Gasteiger partial charge on any atom is -0.483 e. The predicted molar refractivity (Wildman–Crippen MR) is 118 cm³/mol. The van der Waals surface area contributed by atoms with E-state index in [1.165, 1.54) is 18.2 Å².